The highest BCUT2D eigenvalue weighted by atomic mass is 32.2. The van der Waals surface area contributed by atoms with Crippen molar-refractivity contribution in [1.82, 2.24) is 14.6 Å². The van der Waals surface area contributed by atoms with Crippen LogP contribution in [0.1, 0.15) is 0 Å². The van der Waals surface area contributed by atoms with Crippen molar-refractivity contribution in [3.05, 3.63) is 36.5 Å². The fraction of sp³-hybridized carbons (Fsp3) is 0.0909. The predicted octanol–water partition coefficient (Wildman–Crippen LogP) is 1.86. The van der Waals surface area contributed by atoms with Gasteiger partial charge in [-0.15, -0.1) is 5.10 Å². The Bertz CT molecular complexity index is 772. The molecule has 0 N–H and O–H groups in total. The van der Waals surface area contributed by atoms with Gasteiger partial charge in [0, 0.05) is 11.8 Å². The molecule has 0 saturated carbocycles. The minimum Gasteiger partial charge on any atom is -0.221 e. The topological polar surface area (TPSA) is 64.3 Å². The largest absolute Gasteiger partial charge is 0.232 e. The van der Waals surface area contributed by atoms with Crippen LogP contribution in [0.2, 0.25) is 0 Å². The molecule has 92 valence electrons. The Morgan fingerprint density at radius 3 is 2.56 bits per heavy atom. The van der Waals surface area contributed by atoms with Gasteiger partial charge in [-0.3, -0.25) is 0 Å². The number of nitrogens with zero attached hydrogens (tertiary/aromatic N) is 3. The molecule has 0 atom stereocenters. The van der Waals surface area contributed by atoms with E-state index in [4.69, 9.17) is 0 Å². The van der Waals surface area contributed by atoms with E-state index in [-0.39, 0.29) is 4.34 Å². The molecule has 7 heteroatoms. The zero-order chi connectivity index (χ0) is 12.8. The lowest BCUT2D eigenvalue weighted by Crippen LogP contribution is -1.96. The maximum atomic E-state index is 11.4. The molecule has 0 saturated heterocycles. The second-order valence-corrected chi connectivity index (χ2v) is 7.00. The third-order valence-electron chi connectivity index (χ3n) is 2.41. The minimum atomic E-state index is -3.27. The first-order valence-corrected chi connectivity index (χ1v) is 7.86. The Balaban J connectivity index is 2.12. The molecule has 1 aromatic carbocycles. The molecule has 0 radical (unpaired) electrons. The number of hydrogen-bond donors (Lipinski definition) is 0. The molecule has 2 heterocycles. The van der Waals surface area contributed by atoms with E-state index < -0.39 is 9.84 Å². The normalized spacial score (nSPS) is 12.1. The van der Waals surface area contributed by atoms with E-state index >= 15 is 0 Å². The monoisotopic (exact) mass is 279 g/mol. The summed E-state index contributed by atoms with van der Waals surface area (Å²) in [6, 6.07) is 9.69. The van der Waals surface area contributed by atoms with Crippen molar-refractivity contribution in [2.75, 3.05) is 6.26 Å². The van der Waals surface area contributed by atoms with Crippen molar-refractivity contribution in [2.24, 2.45) is 0 Å². The standard InChI is InChI=1S/C11H9N3O2S2/c1-18(15,16)11-13-14-7-9(12-10(14)17-11)8-5-3-2-4-6-8/h2-7H,1H3. The summed E-state index contributed by atoms with van der Waals surface area (Å²) in [6.07, 6.45) is 2.87. The van der Waals surface area contributed by atoms with Gasteiger partial charge in [-0.05, 0) is 0 Å². The van der Waals surface area contributed by atoms with E-state index in [0.29, 0.717) is 4.96 Å². The van der Waals surface area contributed by atoms with Crippen LogP contribution in [0.3, 0.4) is 0 Å². The first kappa shape index (κ1) is 11.4. The lowest BCUT2D eigenvalue weighted by molar-refractivity contribution is 0.599. The molecular weight excluding hydrogens is 270 g/mol. The molecule has 0 amide bonds. The van der Waals surface area contributed by atoms with E-state index in [1.54, 1.807) is 6.20 Å². The molecule has 5 nitrogen and oxygen atoms in total. The summed E-state index contributed by atoms with van der Waals surface area (Å²) in [5, 5.41) is 4.01. The second kappa shape index (κ2) is 3.89. The van der Waals surface area contributed by atoms with E-state index in [0.717, 1.165) is 28.8 Å². The Hall–Kier alpha value is -1.73. The van der Waals surface area contributed by atoms with Gasteiger partial charge in [-0.2, -0.15) is 0 Å². The SMILES string of the molecule is CS(=O)(=O)c1nn2cc(-c3ccccc3)nc2s1. The van der Waals surface area contributed by atoms with Gasteiger partial charge in [-0.1, -0.05) is 41.7 Å². The van der Waals surface area contributed by atoms with Gasteiger partial charge in [0.25, 0.3) is 0 Å². The van der Waals surface area contributed by atoms with Crippen LogP contribution in [0.5, 0.6) is 0 Å². The van der Waals surface area contributed by atoms with Crippen LogP contribution in [0.4, 0.5) is 0 Å². The zero-order valence-electron chi connectivity index (χ0n) is 9.44. The average Bonchev–Trinajstić information content (AvgIpc) is 2.86. The molecule has 2 aromatic heterocycles. The molecular formula is C11H9N3O2S2. The molecule has 0 fully saturated rings. The second-order valence-electron chi connectivity index (χ2n) is 3.86. The van der Waals surface area contributed by atoms with Crippen LogP contribution >= 0.6 is 11.3 Å². The summed E-state index contributed by atoms with van der Waals surface area (Å²) in [4.78, 5) is 4.95. The average molecular weight is 279 g/mol. The van der Waals surface area contributed by atoms with Gasteiger partial charge in [0.2, 0.25) is 19.1 Å². The molecule has 0 bridgehead atoms. The zero-order valence-corrected chi connectivity index (χ0v) is 11.1. The summed E-state index contributed by atoms with van der Waals surface area (Å²) in [5.41, 5.74) is 1.77. The van der Waals surface area contributed by atoms with Gasteiger partial charge in [0.1, 0.15) is 0 Å². The van der Waals surface area contributed by atoms with Crippen molar-refractivity contribution in [1.29, 1.82) is 0 Å². The van der Waals surface area contributed by atoms with Crippen LogP contribution in [0, 0.1) is 0 Å². The number of rotatable bonds is 2. The summed E-state index contributed by atoms with van der Waals surface area (Å²) < 4.78 is 24.3. The van der Waals surface area contributed by atoms with Gasteiger partial charge >= 0.3 is 0 Å². The van der Waals surface area contributed by atoms with Crippen LogP contribution in [-0.4, -0.2) is 29.3 Å². The summed E-state index contributed by atoms with van der Waals surface area (Å²) in [6.45, 7) is 0. The molecule has 0 spiro atoms. The third-order valence-corrected chi connectivity index (χ3v) is 5.00. The summed E-state index contributed by atoms with van der Waals surface area (Å²) >= 11 is 1.07. The lowest BCUT2D eigenvalue weighted by Gasteiger charge is -1.93. The van der Waals surface area contributed by atoms with Crippen molar-refractivity contribution in [3.63, 3.8) is 0 Å². The number of fused-ring (bicyclic) bond motifs is 1. The Kier molecular flexibility index (Phi) is 2.46. The van der Waals surface area contributed by atoms with Gasteiger partial charge in [0.15, 0.2) is 0 Å². The van der Waals surface area contributed by atoms with Crippen LogP contribution in [-0.2, 0) is 9.84 Å². The predicted molar refractivity (Wildman–Crippen MR) is 69.4 cm³/mol. The maximum Gasteiger partial charge on any atom is 0.232 e. The molecule has 3 aromatic rings. The van der Waals surface area contributed by atoms with Crippen LogP contribution < -0.4 is 0 Å². The van der Waals surface area contributed by atoms with E-state index in [1.807, 2.05) is 30.3 Å². The smallest absolute Gasteiger partial charge is 0.221 e. The molecule has 0 aliphatic heterocycles. The molecule has 0 aliphatic rings. The Labute approximate surface area is 108 Å². The van der Waals surface area contributed by atoms with Gasteiger partial charge in [0.05, 0.1) is 11.9 Å². The van der Waals surface area contributed by atoms with E-state index in [2.05, 4.69) is 10.1 Å². The first-order valence-electron chi connectivity index (χ1n) is 5.16. The first-order chi connectivity index (χ1) is 8.54. The van der Waals surface area contributed by atoms with E-state index in [9.17, 15) is 8.42 Å². The minimum absolute atomic E-state index is 0.0876. The summed E-state index contributed by atoms with van der Waals surface area (Å²) in [5.74, 6) is 0. The highest BCUT2D eigenvalue weighted by Crippen LogP contribution is 2.23. The van der Waals surface area contributed by atoms with Gasteiger partial charge < -0.3 is 0 Å². The van der Waals surface area contributed by atoms with Crippen LogP contribution in [0.25, 0.3) is 16.2 Å². The molecule has 18 heavy (non-hydrogen) atoms. The van der Waals surface area contributed by atoms with Crippen molar-refractivity contribution in [2.45, 2.75) is 4.34 Å². The highest BCUT2D eigenvalue weighted by molar-refractivity contribution is 7.92. The molecule has 3 rings (SSSR count). The number of aromatic nitrogens is 3. The Morgan fingerprint density at radius 2 is 1.94 bits per heavy atom. The number of imidazole rings is 1. The van der Waals surface area contributed by atoms with Crippen molar-refractivity contribution < 1.29 is 8.42 Å². The molecule has 0 aliphatic carbocycles. The van der Waals surface area contributed by atoms with E-state index in [1.165, 1.54) is 4.52 Å². The molecule has 0 unspecified atom stereocenters. The number of sulfone groups is 1. The van der Waals surface area contributed by atoms with Gasteiger partial charge in [-0.25, -0.2) is 17.9 Å². The number of benzene rings is 1. The fourth-order valence-electron chi connectivity index (χ4n) is 1.58. The third kappa shape index (κ3) is 1.91. The summed E-state index contributed by atoms with van der Waals surface area (Å²) in [7, 11) is -3.27. The maximum absolute atomic E-state index is 11.4. The quantitative estimate of drug-likeness (QED) is 0.718. The van der Waals surface area contributed by atoms with Crippen molar-refractivity contribution >= 4 is 26.1 Å². The fourth-order valence-corrected chi connectivity index (χ4v) is 3.26. The van der Waals surface area contributed by atoms with Crippen LogP contribution in [0.15, 0.2) is 40.9 Å². The lowest BCUT2D eigenvalue weighted by atomic mass is 10.2. The number of hydrogen-bond acceptors (Lipinski definition) is 5. The highest BCUT2D eigenvalue weighted by Gasteiger charge is 2.16. The van der Waals surface area contributed by atoms with Crippen molar-refractivity contribution in [3.8, 4) is 11.3 Å². The Morgan fingerprint density at radius 1 is 1.22 bits per heavy atom.